The zero-order chi connectivity index (χ0) is 14.4. The van der Waals surface area contributed by atoms with Crippen LogP contribution in [0.15, 0.2) is 0 Å². The summed E-state index contributed by atoms with van der Waals surface area (Å²) in [4.78, 5) is 17.8. The number of halogens is 2. The molecule has 1 rings (SSSR count). The van der Waals surface area contributed by atoms with Crippen molar-refractivity contribution >= 4 is 28.2 Å². The number of nitrogen functional groups attached to an aromatic ring is 1. The standard InChI is InChI=1S/C10H16F2N4O2S/c1-16(2)10-15-8(13)7(19-10)9(17)14-3-4-18-5-6(11)12/h6H,3-5,13H2,1-2H3,(H,14,17). The second kappa shape index (κ2) is 7.19. The largest absolute Gasteiger partial charge is 0.382 e. The summed E-state index contributed by atoms with van der Waals surface area (Å²) in [5.74, 6) is -0.233. The maximum absolute atomic E-state index is 11.8. The summed E-state index contributed by atoms with van der Waals surface area (Å²) in [7, 11) is 3.58. The van der Waals surface area contributed by atoms with Crippen molar-refractivity contribution in [2.45, 2.75) is 6.43 Å². The van der Waals surface area contributed by atoms with Gasteiger partial charge >= 0.3 is 0 Å². The predicted octanol–water partition coefficient (Wildman–Crippen LogP) is 0.803. The Balaban J connectivity index is 2.41. The van der Waals surface area contributed by atoms with Crippen LogP contribution >= 0.6 is 11.3 Å². The fraction of sp³-hybridized carbons (Fsp3) is 0.600. The molecule has 0 atom stereocenters. The topological polar surface area (TPSA) is 80.5 Å². The molecule has 1 amide bonds. The summed E-state index contributed by atoms with van der Waals surface area (Å²) in [6.45, 7) is -0.473. The number of hydrogen-bond donors (Lipinski definition) is 2. The molecule has 1 aromatic rings. The summed E-state index contributed by atoms with van der Waals surface area (Å²) in [5.41, 5.74) is 5.63. The number of hydrogen-bond acceptors (Lipinski definition) is 6. The van der Waals surface area contributed by atoms with E-state index in [1.54, 1.807) is 19.0 Å². The molecule has 0 fully saturated rings. The third kappa shape index (κ3) is 4.95. The molecular weight excluding hydrogens is 278 g/mol. The molecule has 6 nitrogen and oxygen atoms in total. The van der Waals surface area contributed by atoms with Crippen LogP contribution < -0.4 is 16.0 Å². The molecular formula is C10H16F2N4O2S. The molecule has 0 aliphatic heterocycles. The highest BCUT2D eigenvalue weighted by molar-refractivity contribution is 7.18. The van der Waals surface area contributed by atoms with E-state index < -0.39 is 13.0 Å². The van der Waals surface area contributed by atoms with Crippen molar-refractivity contribution in [2.24, 2.45) is 0 Å². The van der Waals surface area contributed by atoms with E-state index in [1.165, 1.54) is 0 Å². The Labute approximate surface area is 113 Å². The molecule has 0 aromatic carbocycles. The van der Waals surface area contributed by atoms with Crippen molar-refractivity contribution in [3.63, 3.8) is 0 Å². The van der Waals surface area contributed by atoms with Crippen LogP contribution in [0.25, 0.3) is 0 Å². The van der Waals surface area contributed by atoms with Gasteiger partial charge in [0.05, 0.1) is 6.61 Å². The number of aromatic nitrogens is 1. The van der Waals surface area contributed by atoms with Crippen LogP contribution in [0.1, 0.15) is 9.67 Å². The Bertz CT molecular complexity index is 426. The van der Waals surface area contributed by atoms with Gasteiger partial charge < -0.3 is 20.7 Å². The van der Waals surface area contributed by atoms with Gasteiger partial charge in [-0.2, -0.15) is 0 Å². The average molecular weight is 294 g/mol. The lowest BCUT2D eigenvalue weighted by molar-refractivity contribution is 0.0188. The van der Waals surface area contributed by atoms with E-state index in [0.717, 1.165) is 11.3 Å². The van der Waals surface area contributed by atoms with Gasteiger partial charge in [-0.1, -0.05) is 11.3 Å². The summed E-state index contributed by atoms with van der Waals surface area (Å²) >= 11 is 1.16. The molecule has 0 radical (unpaired) electrons. The third-order valence-electron chi connectivity index (χ3n) is 2.01. The van der Waals surface area contributed by atoms with Crippen molar-refractivity contribution in [3.05, 3.63) is 4.88 Å². The average Bonchev–Trinajstić information content (AvgIpc) is 2.70. The molecule has 1 aromatic heterocycles. The molecule has 9 heteroatoms. The number of nitrogens with zero attached hydrogens (tertiary/aromatic N) is 2. The van der Waals surface area contributed by atoms with Gasteiger partial charge in [0.1, 0.15) is 17.3 Å². The first-order valence-corrected chi connectivity index (χ1v) is 6.31. The normalized spacial score (nSPS) is 10.8. The minimum atomic E-state index is -2.50. The lowest BCUT2D eigenvalue weighted by atomic mass is 10.4. The van der Waals surface area contributed by atoms with E-state index >= 15 is 0 Å². The zero-order valence-electron chi connectivity index (χ0n) is 10.7. The van der Waals surface area contributed by atoms with E-state index in [2.05, 4.69) is 15.0 Å². The number of carbonyl (C=O) groups excluding carboxylic acids is 1. The molecule has 0 saturated heterocycles. The predicted molar refractivity (Wildman–Crippen MR) is 70.0 cm³/mol. The molecule has 0 spiro atoms. The highest BCUT2D eigenvalue weighted by atomic mass is 32.1. The van der Waals surface area contributed by atoms with Crippen LogP contribution in [0.2, 0.25) is 0 Å². The Morgan fingerprint density at radius 1 is 1.58 bits per heavy atom. The summed E-state index contributed by atoms with van der Waals surface area (Å²) in [6.07, 6.45) is -2.50. The number of thiazole rings is 1. The van der Waals surface area contributed by atoms with Crippen molar-refractivity contribution in [1.29, 1.82) is 0 Å². The first-order chi connectivity index (χ1) is 8.91. The molecule has 0 saturated carbocycles. The SMILES string of the molecule is CN(C)c1nc(N)c(C(=O)NCCOCC(F)F)s1. The van der Waals surface area contributed by atoms with E-state index in [1.807, 2.05) is 0 Å². The number of amides is 1. The Morgan fingerprint density at radius 2 is 2.26 bits per heavy atom. The molecule has 0 aliphatic carbocycles. The second-order valence-corrected chi connectivity index (χ2v) is 4.80. The zero-order valence-corrected chi connectivity index (χ0v) is 11.5. The van der Waals surface area contributed by atoms with Gasteiger partial charge in [-0.15, -0.1) is 0 Å². The number of anilines is 2. The summed E-state index contributed by atoms with van der Waals surface area (Å²) < 4.78 is 28.2. The number of alkyl halides is 2. The van der Waals surface area contributed by atoms with Crippen LogP contribution in [0, 0.1) is 0 Å². The summed E-state index contributed by atoms with van der Waals surface area (Å²) in [6, 6.07) is 0. The number of carbonyl (C=O) groups is 1. The second-order valence-electron chi connectivity index (χ2n) is 3.83. The number of rotatable bonds is 7. The molecule has 0 unspecified atom stereocenters. The van der Waals surface area contributed by atoms with E-state index in [4.69, 9.17) is 5.73 Å². The monoisotopic (exact) mass is 294 g/mol. The quantitative estimate of drug-likeness (QED) is 0.727. The lowest BCUT2D eigenvalue weighted by Gasteiger charge is -2.05. The van der Waals surface area contributed by atoms with Crippen LogP contribution in [0.5, 0.6) is 0 Å². The molecule has 19 heavy (non-hydrogen) atoms. The molecule has 1 heterocycles. The van der Waals surface area contributed by atoms with Gasteiger partial charge in [-0.05, 0) is 0 Å². The van der Waals surface area contributed by atoms with Crippen molar-refractivity contribution in [1.82, 2.24) is 10.3 Å². The van der Waals surface area contributed by atoms with Crippen molar-refractivity contribution < 1.29 is 18.3 Å². The first-order valence-electron chi connectivity index (χ1n) is 5.49. The number of nitrogens with one attached hydrogen (secondary N) is 1. The lowest BCUT2D eigenvalue weighted by Crippen LogP contribution is -2.27. The van der Waals surface area contributed by atoms with E-state index in [9.17, 15) is 13.6 Å². The van der Waals surface area contributed by atoms with Gasteiger partial charge in [-0.25, -0.2) is 13.8 Å². The van der Waals surface area contributed by atoms with Gasteiger partial charge in [0.15, 0.2) is 5.13 Å². The van der Waals surface area contributed by atoms with Crippen LogP contribution in [-0.4, -0.2) is 51.2 Å². The molecule has 3 N–H and O–H groups in total. The Kier molecular flexibility index (Phi) is 5.90. The van der Waals surface area contributed by atoms with Crippen LogP contribution in [-0.2, 0) is 4.74 Å². The van der Waals surface area contributed by atoms with Gasteiger partial charge in [0.2, 0.25) is 0 Å². The van der Waals surface area contributed by atoms with Crippen molar-refractivity contribution in [2.75, 3.05) is 44.5 Å². The minimum absolute atomic E-state index is 0.0231. The molecule has 0 aliphatic rings. The highest BCUT2D eigenvalue weighted by Gasteiger charge is 2.16. The Hall–Kier alpha value is -1.48. The van der Waals surface area contributed by atoms with Gasteiger partial charge in [0.25, 0.3) is 12.3 Å². The van der Waals surface area contributed by atoms with Crippen LogP contribution in [0.3, 0.4) is 0 Å². The molecule has 108 valence electrons. The fourth-order valence-electron chi connectivity index (χ4n) is 1.16. The van der Waals surface area contributed by atoms with E-state index in [-0.39, 0.29) is 24.9 Å². The Morgan fingerprint density at radius 3 is 2.79 bits per heavy atom. The maximum atomic E-state index is 11.8. The smallest absolute Gasteiger partial charge is 0.265 e. The van der Waals surface area contributed by atoms with Gasteiger partial charge in [0, 0.05) is 20.6 Å². The highest BCUT2D eigenvalue weighted by Crippen LogP contribution is 2.26. The first kappa shape index (κ1) is 15.6. The number of ether oxygens (including phenoxy) is 1. The van der Waals surface area contributed by atoms with Gasteiger partial charge in [-0.3, -0.25) is 4.79 Å². The fourth-order valence-corrected chi connectivity index (χ4v) is 1.99. The minimum Gasteiger partial charge on any atom is -0.382 e. The summed E-state index contributed by atoms with van der Waals surface area (Å²) in [5, 5.41) is 3.15. The van der Waals surface area contributed by atoms with E-state index in [0.29, 0.717) is 10.0 Å². The maximum Gasteiger partial charge on any atom is 0.265 e. The van der Waals surface area contributed by atoms with Crippen molar-refractivity contribution in [3.8, 4) is 0 Å². The third-order valence-corrected chi connectivity index (χ3v) is 3.24. The number of nitrogens with two attached hydrogens (primary N) is 1. The molecule has 0 bridgehead atoms. The van der Waals surface area contributed by atoms with Crippen LogP contribution in [0.4, 0.5) is 19.7 Å².